The van der Waals surface area contributed by atoms with Crippen molar-refractivity contribution in [3.63, 3.8) is 0 Å². The van der Waals surface area contributed by atoms with Gasteiger partial charge in [-0.3, -0.25) is 10.1 Å². The fourth-order valence-electron chi connectivity index (χ4n) is 1.99. The Balaban J connectivity index is 3.06. The first-order chi connectivity index (χ1) is 11.1. The summed E-state index contributed by atoms with van der Waals surface area (Å²) in [6, 6.07) is 9.58. The lowest BCUT2D eigenvalue weighted by molar-refractivity contribution is -0.388. The number of nitro benzene ring substituents is 1. The summed E-state index contributed by atoms with van der Waals surface area (Å²) in [6.45, 7) is 0. The number of benzene rings is 2. The summed E-state index contributed by atoms with van der Waals surface area (Å²) in [5, 5.41) is 20.3. The van der Waals surface area contributed by atoms with Crippen molar-refractivity contribution >= 4 is 35.3 Å². The molecule has 0 unspecified atom stereocenters. The second-order valence-electron chi connectivity index (χ2n) is 4.41. The van der Waals surface area contributed by atoms with Crippen molar-refractivity contribution in [2.24, 2.45) is 0 Å². The monoisotopic (exact) mass is 386 g/mol. The third-order valence-corrected chi connectivity index (χ3v) is 6.32. The van der Waals surface area contributed by atoms with Crippen molar-refractivity contribution in [3.8, 4) is 6.07 Å². The molecule has 0 aromatic heterocycles. The van der Waals surface area contributed by atoms with Crippen LogP contribution in [-0.2, 0) is 18.9 Å². The van der Waals surface area contributed by atoms with E-state index in [0.29, 0.717) is 0 Å². The van der Waals surface area contributed by atoms with E-state index in [1.807, 2.05) is 0 Å². The highest BCUT2D eigenvalue weighted by Gasteiger charge is 2.37. The van der Waals surface area contributed by atoms with E-state index < -0.39 is 44.9 Å². The Morgan fingerprint density at radius 2 is 1.62 bits per heavy atom. The fraction of sp³-hybridized carbons (Fsp3) is 0. The molecular formula is C13H7ClN2O6S2. The third kappa shape index (κ3) is 3.09. The number of hydrogen-bond acceptors (Lipinski definition) is 7. The molecule has 0 amide bonds. The van der Waals surface area contributed by atoms with Crippen LogP contribution in [0.2, 0.25) is 0 Å². The molecular weight excluding hydrogens is 380 g/mol. The van der Waals surface area contributed by atoms with Gasteiger partial charge in [0.2, 0.25) is 9.84 Å². The molecule has 0 saturated carbocycles. The Kier molecular flexibility index (Phi) is 4.61. The van der Waals surface area contributed by atoms with Crippen LogP contribution in [-0.4, -0.2) is 21.8 Å². The second kappa shape index (κ2) is 6.20. The minimum Gasteiger partial charge on any atom is -0.258 e. The predicted octanol–water partition coefficient (Wildman–Crippen LogP) is 2.23. The number of halogens is 1. The van der Waals surface area contributed by atoms with Gasteiger partial charge >= 0.3 is 5.69 Å². The van der Waals surface area contributed by atoms with Gasteiger partial charge in [-0.05, 0) is 24.3 Å². The molecule has 124 valence electrons. The summed E-state index contributed by atoms with van der Waals surface area (Å²) in [4.78, 5) is 7.72. The van der Waals surface area contributed by atoms with Crippen LogP contribution in [0.5, 0.6) is 0 Å². The van der Waals surface area contributed by atoms with Crippen LogP contribution in [0.1, 0.15) is 5.56 Å². The molecule has 0 radical (unpaired) electrons. The van der Waals surface area contributed by atoms with Gasteiger partial charge in [0.05, 0.1) is 9.82 Å². The van der Waals surface area contributed by atoms with Crippen LogP contribution in [0.4, 0.5) is 5.69 Å². The number of nitrogens with zero attached hydrogens (tertiary/aromatic N) is 2. The molecule has 24 heavy (non-hydrogen) atoms. The van der Waals surface area contributed by atoms with E-state index in [-0.39, 0.29) is 4.90 Å². The lowest BCUT2D eigenvalue weighted by Gasteiger charge is -2.10. The molecule has 8 nitrogen and oxygen atoms in total. The van der Waals surface area contributed by atoms with Crippen molar-refractivity contribution < 1.29 is 21.8 Å². The van der Waals surface area contributed by atoms with Crippen molar-refractivity contribution in [1.29, 1.82) is 5.26 Å². The molecule has 0 fully saturated rings. The Morgan fingerprint density at radius 3 is 2.08 bits per heavy atom. The van der Waals surface area contributed by atoms with E-state index in [4.69, 9.17) is 15.9 Å². The smallest absolute Gasteiger partial charge is 0.258 e. The van der Waals surface area contributed by atoms with E-state index in [1.165, 1.54) is 24.3 Å². The normalized spacial score (nSPS) is 11.7. The Bertz CT molecular complexity index is 1070. The van der Waals surface area contributed by atoms with Crippen LogP contribution in [0.15, 0.2) is 57.2 Å². The average Bonchev–Trinajstić information content (AvgIpc) is 2.53. The van der Waals surface area contributed by atoms with E-state index in [0.717, 1.165) is 24.3 Å². The van der Waals surface area contributed by atoms with E-state index in [2.05, 4.69) is 0 Å². The van der Waals surface area contributed by atoms with Crippen molar-refractivity contribution in [3.05, 3.63) is 58.1 Å². The maximum Gasteiger partial charge on any atom is 0.307 e. The number of hydrogen-bond donors (Lipinski definition) is 0. The van der Waals surface area contributed by atoms with Gasteiger partial charge in [0, 0.05) is 10.7 Å². The Hall–Kier alpha value is -2.48. The van der Waals surface area contributed by atoms with Gasteiger partial charge in [0.1, 0.15) is 16.5 Å². The molecule has 2 aromatic rings. The molecule has 2 aromatic carbocycles. The highest BCUT2D eigenvalue weighted by molar-refractivity contribution is 8.14. The quantitative estimate of drug-likeness (QED) is 0.446. The number of sulfone groups is 1. The molecule has 0 bridgehead atoms. The van der Waals surface area contributed by atoms with Crippen LogP contribution in [0, 0.1) is 21.4 Å². The van der Waals surface area contributed by atoms with Gasteiger partial charge in [-0.1, -0.05) is 18.2 Å². The van der Waals surface area contributed by atoms with Gasteiger partial charge in [-0.25, -0.2) is 16.8 Å². The van der Waals surface area contributed by atoms with Gasteiger partial charge in [-0.2, -0.15) is 5.26 Å². The van der Waals surface area contributed by atoms with Crippen molar-refractivity contribution in [2.45, 2.75) is 14.7 Å². The molecule has 0 saturated heterocycles. The maximum absolute atomic E-state index is 12.8. The first-order valence-electron chi connectivity index (χ1n) is 6.07. The van der Waals surface area contributed by atoms with Crippen molar-refractivity contribution in [1.82, 2.24) is 0 Å². The van der Waals surface area contributed by atoms with Gasteiger partial charge in [0.25, 0.3) is 9.05 Å². The average molecular weight is 387 g/mol. The zero-order valence-corrected chi connectivity index (χ0v) is 14.0. The highest BCUT2D eigenvalue weighted by Crippen LogP contribution is 2.38. The third-order valence-electron chi connectivity index (χ3n) is 2.98. The molecule has 0 aliphatic heterocycles. The largest absolute Gasteiger partial charge is 0.307 e. The lowest BCUT2D eigenvalue weighted by atomic mass is 10.2. The summed E-state index contributed by atoms with van der Waals surface area (Å²) in [5.74, 6) is 0. The molecule has 0 N–H and O–H groups in total. The van der Waals surface area contributed by atoms with Crippen LogP contribution in [0.25, 0.3) is 0 Å². The summed E-state index contributed by atoms with van der Waals surface area (Å²) in [6.07, 6.45) is 0. The minimum atomic E-state index is -4.63. The highest BCUT2D eigenvalue weighted by atomic mass is 35.7. The van der Waals surface area contributed by atoms with Gasteiger partial charge in [-0.15, -0.1) is 0 Å². The predicted molar refractivity (Wildman–Crippen MR) is 82.7 cm³/mol. The number of nitro groups is 1. The molecule has 0 heterocycles. The maximum atomic E-state index is 12.8. The van der Waals surface area contributed by atoms with Gasteiger partial charge in [0.15, 0.2) is 4.90 Å². The summed E-state index contributed by atoms with van der Waals surface area (Å²) in [7, 11) is -4.01. The van der Waals surface area contributed by atoms with Crippen molar-refractivity contribution in [2.75, 3.05) is 0 Å². The van der Waals surface area contributed by atoms with E-state index in [1.54, 1.807) is 0 Å². The SMILES string of the molecule is N#Cc1ccc(S(=O)(=O)Cl)c(S(=O)(=O)c2ccccc2)c1[N+](=O)[O-]. The molecule has 0 aliphatic carbocycles. The number of rotatable bonds is 4. The molecule has 11 heteroatoms. The molecule has 0 atom stereocenters. The zero-order chi connectivity index (χ0) is 18.1. The second-order valence-corrected chi connectivity index (χ2v) is 8.83. The molecule has 0 spiro atoms. The van der Waals surface area contributed by atoms with Crippen LogP contribution < -0.4 is 0 Å². The summed E-state index contributed by atoms with van der Waals surface area (Å²) < 4.78 is 48.9. The summed E-state index contributed by atoms with van der Waals surface area (Å²) in [5.41, 5.74) is -1.73. The first-order valence-corrected chi connectivity index (χ1v) is 9.86. The Labute approximate surface area is 141 Å². The fourth-order valence-corrected chi connectivity index (χ4v) is 5.25. The number of nitriles is 1. The van der Waals surface area contributed by atoms with Crippen LogP contribution >= 0.6 is 10.7 Å². The molecule has 2 rings (SSSR count). The molecule has 0 aliphatic rings. The van der Waals surface area contributed by atoms with Gasteiger partial charge < -0.3 is 0 Å². The van der Waals surface area contributed by atoms with E-state index in [9.17, 15) is 26.9 Å². The van der Waals surface area contributed by atoms with Crippen LogP contribution in [0.3, 0.4) is 0 Å². The summed E-state index contributed by atoms with van der Waals surface area (Å²) >= 11 is 0. The standard InChI is InChI=1S/C13H7ClN2O6S2/c14-24(21,22)11-7-6-9(8-15)12(16(17)18)13(11)23(19,20)10-4-2-1-3-5-10/h1-7H. The van der Waals surface area contributed by atoms with E-state index >= 15 is 0 Å². The topological polar surface area (TPSA) is 135 Å². The Morgan fingerprint density at radius 1 is 1.04 bits per heavy atom. The zero-order valence-electron chi connectivity index (χ0n) is 11.6. The first kappa shape index (κ1) is 17.9. The lowest BCUT2D eigenvalue weighted by Crippen LogP contribution is -2.12. The minimum absolute atomic E-state index is 0.371.